The number of aliphatic hydroxyl groups is 1. The summed E-state index contributed by atoms with van der Waals surface area (Å²) in [6, 6.07) is 20.8. The summed E-state index contributed by atoms with van der Waals surface area (Å²) in [6.45, 7) is 2.88. The molecule has 2 aromatic carbocycles. The predicted octanol–water partition coefficient (Wildman–Crippen LogP) is 4.65. The van der Waals surface area contributed by atoms with E-state index in [1.54, 1.807) is 11.3 Å². The molecule has 0 aliphatic carbocycles. The number of hydrogen-bond acceptors (Lipinski definition) is 5. The molecule has 2 unspecified atom stereocenters. The quantitative estimate of drug-likeness (QED) is 0.381. The zero-order chi connectivity index (χ0) is 21.6. The average molecular weight is 436 g/mol. The molecule has 162 valence electrons. The van der Waals surface area contributed by atoms with Gasteiger partial charge >= 0.3 is 0 Å². The van der Waals surface area contributed by atoms with Crippen LogP contribution in [0.3, 0.4) is 0 Å². The molecule has 4 rings (SSSR count). The first-order valence-electron chi connectivity index (χ1n) is 10.7. The van der Waals surface area contributed by atoms with Crippen molar-refractivity contribution in [1.29, 1.82) is 0 Å². The Balaban J connectivity index is 1.31. The molecule has 2 N–H and O–H groups in total. The van der Waals surface area contributed by atoms with Crippen LogP contribution in [0.1, 0.15) is 18.9 Å². The maximum Gasteiger partial charge on any atom is 0.128 e. The van der Waals surface area contributed by atoms with E-state index in [9.17, 15) is 5.11 Å². The van der Waals surface area contributed by atoms with Gasteiger partial charge in [-0.15, -0.1) is 11.3 Å². The van der Waals surface area contributed by atoms with E-state index in [1.807, 2.05) is 42.1 Å². The number of nitrogens with zero attached hydrogens (tertiary/aromatic N) is 2. The van der Waals surface area contributed by atoms with Crippen molar-refractivity contribution < 1.29 is 9.84 Å². The van der Waals surface area contributed by atoms with Crippen LogP contribution in [-0.4, -0.2) is 40.2 Å². The number of aryl methyl sites for hydroxylation is 2. The Morgan fingerprint density at radius 2 is 1.87 bits per heavy atom. The topological polar surface area (TPSA) is 59.3 Å². The van der Waals surface area contributed by atoms with Crippen molar-refractivity contribution >= 4 is 21.6 Å². The van der Waals surface area contributed by atoms with Crippen LogP contribution in [0.4, 0.5) is 0 Å². The number of thiophene rings is 1. The average Bonchev–Trinajstić information content (AvgIpc) is 3.40. The minimum absolute atomic E-state index is 0.232. The van der Waals surface area contributed by atoms with E-state index in [0.717, 1.165) is 40.1 Å². The molecule has 6 heteroatoms. The number of nitrogens with one attached hydrogen (secondary N) is 1. The van der Waals surface area contributed by atoms with Crippen molar-refractivity contribution in [2.75, 3.05) is 13.2 Å². The number of ether oxygens (including phenoxy) is 1. The fraction of sp³-hybridized carbons (Fsp3) is 0.320. The molecule has 4 aromatic rings. The molecule has 31 heavy (non-hydrogen) atoms. The van der Waals surface area contributed by atoms with Gasteiger partial charge in [-0.2, -0.15) is 5.10 Å². The number of rotatable bonds is 10. The maximum absolute atomic E-state index is 10.4. The van der Waals surface area contributed by atoms with Crippen LogP contribution >= 0.6 is 11.3 Å². The van der Waals surface area contributed by atoms with Crippen LogP contribution in [0.15, 0.2) is 66.0 Å². The van der Waals surface area contributed by atoms with Gasteiger partial charge < -0.3 is 15.2 Å². The smallest absolute Gasteiger partial charge is 0.128 e. The second kappa shape index (κ2) is 10.1. The fourth-order valence-electron chi connectivity index (χ4n) is 3.66. The minimum atomic E-state index is -0.585. The number of para-hydroxylation sites is 1. The van der Waals surface area contributed by atoms with Crippen LogP contribution < -0.4 is 10.1 Å². The van der Waals surface area contributed by atoms with Crippen molar-refractivity contribution in [3.8, 4) is 17.0 Å². The third kappa shape index (κ3) is 5.34. The lowest BCUT2D eigenvalue weighted by molar-refractivity contribution is 0.104. The van der Waals surface area contributed by atoms with Gasteiger partial charge in [-0.3, -0.25) is 4.68 Å². The van der Waals surface area contributed by atoms with Gasteiger partial charge in [0.2, 0.25) is 0 Å². The molecule has 0 bridgehead atoms. The fourth-order valence-corrected chi connectivity index (χ4v) is 4.58. The first-order valence-corrected chi connectivity index (χ1v) is 11.6. The highest BCUT2D eigenvalue weighted by Gasteiger charge is 2.16. The Morgan fingerprint density at radius 1 is 1.10 bits per heavy atom. The van der Waals surface area contributed by atoms with Crippen LogP contribution in [0.2, 0.25) is 0 Å². The third-order valence-electron chi connectivity index (χ3n) is 5.44. The molecule has 2 aromatic heterocycles. The van der Waals surface area contributed by atoms with Crippen LogP contribution in [0, 0.1) is 0 Å². The lowest BCUT2D eigenvalue weighted by Crippen LogP contribution is -2.36. The second-order valence-electron chi connectivity index (χ2n) is 7.90. The highest BCUT2D eigenvalue weighted by atomic mass is 32.1. The first kappa shape index (κ1) is 21.6. The normalized spacial score (nSPS) is 13.4. The highest BCUT2D eigenvalue weighted by molar-refractivity contribution is 7.17. The summed E-state index contributed by atoms with van der Waals surface area (Å²) < 4.78 is 9.06. The summed E-state index contributed by atoms with van der Waals surface area (Å²) in [4.78, 5) is 0. The Kier molecular flexibility index (Phi) is 7.02. The van der Waals surface area contributed by atoms with Gasteiger partial charge in [0.15, 0.2) is 0 Å². The van der Waals surface area contributed by atoms with Gasteiger partial charge in [-0.05, 0) is 48.9 Å². The van der Waals surface area contributed by atoms with E-state index in [0.29, 0.717) is 12.6 Å². The van der Waals surface area contributed by atoms with Crippen LogP contribution in [0.25, 0.3) is 21.5 Å². The number of fused-ring (bicyclic) bond motifs is 1. The van der Waals surface area contributed by atoms with E-state index in [-0.39, 0.29) is 6.61 Å². The molecule has 0 aliphatic rings. The van der Waals surface area contributed by atoms with E-state index in [2.05, 4.69) is 53.1 Å². The summed E-state index contributed by atoms with van der Waals surface area (Å²) in [6.07, 6.45) is 1.46. The lowest BCUT2D eigenvalue weighted by atomic mass is 10.1. The molecule has 0 radical (unpaired) electrons. The number of aliphatic hydroxyl groups excluding tert-OH is 1. The van der Waals surface area contributed by atoms with E-state index < -0.39 is 6.10 Å². The monoisotopic (exact) mass is 435 g/mol. The molecular formula is C25H29N3O2S. The molecule has 2 atom stereocenters. The zero-order valence-corrected chi connectivity index (χ0v) is 18.8. The highest BCUT2D eigenvalue weighted by Crippen LogP contribution is 2.36. The van der Waals surface area contributed by atoms with Crippen molar-refractivity contribution in [1.82, 2.24) is 15.1 Å². The van der Waals surface area contributed by atoms with Crippen LogP contribution in [0.5, 0.6) is 5.75 Å². The molecule has 0 amide bonds. The second-order valence-corrected chi connectivity index (χ2v) is 8.82. The van der Waals surface area contributed by atoms with E-state index in [1.165, 1.54) is 5.56 Å². The zero-order valence-electron chi connectivity index (χ0n) is 18.0. The lowest BCUT2D eigenvalue weighted by Gasteiger charge is -2.18. The maximum atomic E-state index is 10.4. The summed E-state index contributed by atoms with van der Waals surface area (Å²) in [5.41, 5.74) is 4.33. The van der Waals surface area contributed by atoms with E-state index >= 15 is 0 Å². The Hall–Kier alpha value is -2.67. The van der Waals surface area contributed by atoms with Gasteiger partial charge in [-0.1, -0.05) is 42.5 Å². The molecule has 5 nitrogen and oxygen atoms in total. The largest absolute Gasteiger partial charge is 0.490 e. The molecule has 0 saturated carbocycles. The molecule has 0 fully saturated rings. The SMILES string of the molecule is CC(CCc1ccccc1)NCC(O)COc1ccccc1-c1nn(C)c2ccsc12. The first-order chi connectivity index (χ1) is 15.1. The Bertz CT molecular complexity index is 1110. The summed E-state index contributed by atoms with van der Waals surface area (Å²) in [5.74, 6) is 0.743. The molecule has 0 spiro atoms. The minimum Gasteiger partial charge on any atom is -0.490 e. The summed E-state index contributed by atoms with van der Waals surface area (Å²) >= 11 is 1.68. The van der Waals surface area contributed by atoms with Gasteiger partial charge in [0.05, 0.1) is 10.2 Å². The van der Waals surface area contributed by atoms with E-state index in [4.69, 9.17) is 4.74 Å². The van der Waals surface area contributed by atoms with Crippen LogP contribution in [-0.2, 0) is 13.5 Å². The third-order valence-corrected chi connectivity index (χ3v) is 6.35. The Morgan fingerprint density at radius 3 is 2.71 bits per heavy atom. The standard InChI is InChI=1S/C25H29N3O2S/c1-18(12-13-19-8-4-3-5-9-19)26-16-20(29)17-30-23-11-7-6-10-21(23)24-25-22(14-15-31-25)28(2)27-24/h3-11,14-15,18,20,26,29H,12-13,16-17H2,1-2H3. The molecule has 2 heterocycles. The number of benzene rings is 2. The van der Waals surface area contributed by atoms with Gasteiger partial charge in [-0.25, -0.2) is 0 Å². The molecule has 0 aliphatic heterocycles. The number of hydrogen-bond donors (Lipinski definition) is 2. The van der Waals surface area contributed by atoms with Gasteiger partial charge in [0.1, 0.15) is 24.2 Å². The number of aromatic nitrogens is 2. The van der Waals surface area contributed by atoms with Crippen molar-refractivity contribution in [2.24, 2.45) is 7.05 Å². The van der Waals surface area contributed by atoms with Crippen molar-refractivity contribution in [3.63, 3.8) is 0 Å². The predicted molar refractivity (Wildman–Crippen MR) is 128 cm³/mol. The van der Waals surface area contributed by atoms with Gasteiger partial charge in [0, 0.05) is 25.2 Å². The summed E-state index contributed by atoms with van der Waals surface area (Å²) in [7, 11) is 1.95. The Labute approximate surface area is 187 Å². The van der Waals surface area contributed by atoms with Gasteiger partial charge in [0.25, 0.3) is 0 Å². The molecular weight excluding hydrogens is 406 g/mol. The van der Waals surface area contributed by atoms with Crippen molar-refractivity contribution in [3.05, 3.63) is 71.6 Å². The summed E-state index contributed by atoms with van der Waals surface area (Å²) in [5, 5.41) is 20.6. The molecule has 0 saturated heterocycles. The van der Waals surface area contributed by atoms with Crippen molar-refractivity contribution in [2.45, 2.75) is 31.9 Å².